The van der Waals surface area contributed by atoms with Gasteiger partial charge in [0, 0.05) is 0 Å². The molecule has 0 fully saturated rings. The Bertz CT molecular complexity index is 383. The second-order valence-electron chi connectivity index (χ2n) is 3.74. The normalized spacial score (nSPS) is 15.8. The van der Waals surface area contributed by atoms with E-state index in [1.54, 1.807) is 0 Å². The lowest BCUT2D eigenvalue weighted by molar-refractivity contribution is 0.941. The Morgan fingerprint density at radius 1 is 1.15 bits per heavy atom. The van der Waals surface area contributed by atoms with Gasteiger partial charge in [-0.2, -0.15) is 0 Å². The summed E-state index contributed by atoms with van der Waals surface area (Å²) in [6.07, 6.45) is 2.18. The zero-order valence-corrected chi connectivity index (χ0v) is 8.06. The summed E-state index contributed by atoms with van der Waals surface area (Å²) < 4.78 is 0. The first-order chi connectivity index (χ1) is 6.18. The maximum atomic E-state index is 4.07. The molecule has 0 saturated carbocycles. The highest BCUT2D eigenvalue weighted by Gasteiger charge is 2.14. The fourth-order valence-electron chi connectivity index (χ4n) is 1.85. The second kappa shape index (κ2) is 2.88. The van der Waals surface area contributed by atoms with Crippen molar-refractivity contribution in [1.82, 2.24) is 0 Å². The smallest absolute Gasteiger partial charge is 0.0155 e. The Morgan fingerprint density at radius 3 is 2.69 bits per heavy atom. The van der Waals surface area contributed by atoms with Gasteiger partial charge in [0.2, 0.25) is 0 Å². The number of aryl methyl sites for hydroxylation is 2. The highest BCUT2D eigenvalue weighted by molar-refractivity contribution is 5.80. The van der Waals surface area contributed by atoms with Crippen molar-refractivity contribution in [2.45, 2.75) is 19.8 Å². The number of benzene rings is 1. The third-order valence-electron chi connectivity index (χ3n) is 2.71. The van der Waals surface area contributed by atoms with E-state index in [-0.39, 0.29) is 0 Å². The Morgan fingerprint density at radius 2 is 1.92 bits per heavy atom. The van der Waals surface area contributed by atoms with E-state index in [9.17, 15) is 0 Å². The second-order valence-corrected chi connectivity index (χ2v) is 3.74. The van der Waals surface area contributed by atoms with Gasteiger partial charge in [-0.1, -0.05) is 36.9 Å². The zero-order valence-electron chi connectivity index (χ0n) is 8.06. The summed E-state index contributed by atoms with van der Waals surface area (Å²) in [5.41, 5.74) is 6.37. The van der Waals surface area contributed by atoms with E-state index in [0.717, 1.165) is 18.4 Å². The van der Waals surface area contributed by atoms with Gasteiger partial charge in [0.1, 0.15) is 0 Å². The standard InChI is InChI=1S/C13H14/c1-9-4-7-13-11(3)10(2)5-6-12(13)8-9/h4,7-8H,2-3,5-6H2,1H3. The van der Waals surface area contributed by atoms with Gasteiger partial charge in [-0.25, -0.2) is 0 Å². The van der Waals surface area contributed by atoms with Crippen molar-refractivity contribution in [3.05, 3.63) is 53.6 Å². The molecule has 0 spiro atoms. The van der Waals surface area contributed by atoms with E-state index in [4.69, 9.17) is 0 Å². The highest BCUT2D eigenvalue weighted by atomic mass is 14.2. The molecule has 0 nitrogen and oxygen atoms in total. The Kier molecular flexibility index (Phi) is 1.84. The van der Waals surface area contributed by atoms with Crippen molar-refractivity contribution in [2.75, 3.05) is 0 Å². The van der Waals surface area contributed by atoms with E-state index in [1.165, 1.54) is 22.3 Å². The van der Waals surface area contributed by atoms with Crippen LogP contribution in [0.15, 0.2) is 36.9 Å². The summed E-state index contributed by atoms with van der Waals surface area (Å²) in [6, 6.07) is 6.56. The molecular formula is C13H14. The van der Waals surface area contributed by atoms with Crippen LogP contribution in [0.2, 0.25) is 0 Å². The molecule has 0 aromatic heterocycles. The summed E-state index contributed by atoms with van der Waals surface area (Å²) in [6.45, 7) is 10.2. The molecule has 0 amide bonds. The largest absolute Gasteiger partial charge is 0.0952 e. The molecule has 1 aromatic carbocycles. The SMILES string of the molecule is C=C1CCc2cc(C)ccc2C1=C. The van der Waals surface area contributed by atoms with Gasteiger partial charge in [0.05, 0.1) is 0 Å². The molecule has 1 aromatic rings. The highest BCUT2D eigenvalue weighted by Crippen LogP contribution is 2.32. The van der Waals surface area contributed by atoms with E-state index in [0.29, 0.717) is 0 Å². The average molecular weight is 170 g/mol. The topological polar surface area (TPSA) is 0 Å². The zero-order chi connectivity index (χ0) is 9.42. The van der Waals surface area contributed by atoms with Crippen molar-refractivity contribution in [1.29, 1.82) is 0 Å². The molecule has 0 unspecified atom stereocenters. The molecule has 13 heavy (non-hydrogen) atoms. The van der Waals surface area contributed by atoms with Crippen molar-refractivity contribution < 1.29 is 0 Å². The van der Waals surface area contributed by atoms with Crippen LogP contribution in [-0.4, -0.2) is 0 Å². The van der Waals surface area contributed by atoms with Crippen molar-refractivity contribution >= 4 is 5.57 Å². The Balaban J connectivity index is 2.56. The van der Waals surface area contributed by atoms with Crippen molar-refractivity contribution in [3.8, 4) is 0 Å². The maximum absolute atomic E-state index is 4.07. The monoisotopic (exact) mass is 170 g/mol. The van der Waals surface area contributed by atoms with Gasteiger partial charge in [-0.15, -0.1) is 0 Å². The molecule has 0 bridgehead atoms. The molecule has 0 heteroatoms. The fourth-order valence-corrected chi connectivity index (χ4v) is 1.85. The van der Waals surface area contributed by atoms with Crippen molar-refractivity contribution in [2.24, 2.45) is 0 Å². The Hall–Kier alpha value is -1.30. The van der Waals surface area contributed by atoms with E-state index in [2.05, 4.69) is 38.3 Å². The minimum atomic E-state index is 1.06. The summed E-state index contributed by atoms with van der Waals surface area (Å²) in [5, 5.41) is 0. The summed E-state index contributed by atoms with van der Waals surface area (Å²) >= 11 is 0. The van der Waals surface area contributed by atoms with E-state index in [1.807, 2.05) is 0 Å². The lowest BCUT2D eigenvalue weighted by Crippen LogP contribution is -2.03. The number of rotatable bonds is 0. The molecule has 0 heterocycles. The summed E-state index contributed by atoms with van der Waals surface area (Å²) in [4.78, 5) is 0. The third-order valence-corrected chi connectivity index (χ3v) is 2.71. The number of allylic oxidation sites excluding steroid dienone is 2. The van der Waals surface area contributed by atoms with Crippen LogP contribution >= 0.6 is 0 Å². The quantitative estimate of drug-likeness (QED) is 0.559. The van der Waals surface area contributed by atoms with Gasteiger partial charge < -0.3 is 0 Å². The van der Waals surface area contributed by atoms with Gasteiger partial charge in [-0.05, 0) is 42.0 Å². The Labute approximate surface area is 79.6 Å². The average Bonchev–Trinajstić information content (AvgIpc) is 2.12. The lowest BCUT2D eigenvalue weighted by Gasteiger charge is -2.20. The molecule has 0 aliphatic heterocycles. The molecule has 1 aliphatic carbocycles. The van der Waals surface area contributed by atoms with E-state index >= 15 is 0 Å². The molecular weight excluding hydrogens is 156 g/mol. The predicted octanol–water partition coefficient (Wildman–Crippen LogP) is 3.51. The minimum absolute atomic E-state index is 1.06. The van der Waals surface area contributed by atoms with Gasteiger partial charge in [-0.3, -0.25) is 0 Å². The molecule has 66 valence electrons. The van der Waals surface area contributed by atoms with Crippen LogP contribution in [0.1, 0.15) is 23.1 Å². The number of hydrogen-bond donors (Lipinski definition) is 0. The first-order valence-electron chi connectivity index (χ1n) is 4.65. The van der Waals surface area contributed by atoms with Crippen LogP contribution in [0.3, 0.4) is 0 Å². The number of hydrogen-bond acceptors (Lipinski definition) is 0. The predicted molar refractivity (Wildman–Crippen MR) is 57.7 cm³/mol. The van der Waals surface area contributed by atoms with Crippen LogP contribution in [0.5, 0.6) is 0 Å². The van der Waals surface area contributed by atoms with Gasteiger partial charge in [0.25, 0.3) is 0 Å². The number of fused-ring (bicyclic) bond motifs is 1. The molecule has 0 saturated heterocycles. The third kappa shape index (κ3) is 1.33. The molecule has 1 aliphatic rings. The van der Waals surface area contributed by atoms with Gasteiger partial charge >= 0.3 is 0 Å². The van der Waals surface area contributed by atoms with E-state index < -0.39 is 0 Å². The molecule has 0 radical (unpaired) electrons. The molecule has 0 atom stereocenters. The fraction of sp³-hybridized carbons (Fsp3) is 0.231. The summed E-state index contributed by atoms with van der Waals surface area (Å²) in [5.74, 6) is 0. The lowest BCUT2D eigenvalue weighted by atomic mass is 9.84. The summed E-state index contributed by atoms with van der Waals surface area (Å²) in [7, 11) is 0. The van der Waals surface area contributed by atoms with Crippen LogP contribution in [0, 0.1) is 6.92 Å². The van der Waals surface area contributed by atoms with Crippen LogP contribution in [0.25, 0.3) is 5.57 Å². The van der Waals surface area contributed by atoms with Gasteiger partial charge in [0.15, 0.2) is 0 Å². The maximum Gasteiger partial charge on any atom is -0.0155 e. The van der Waals surface area contributed by atoms with Crippen molar-refractivity contribution in [3.63, 3.8) is 0 Å². The van der Waals surface area contributed by atoms with Crippen LogP contribution in [0.4, 0.5) is 0 Å². The van der Waals surface area contributed by atoms with Crippen LogP contribution < -0.4 is 0 Å². The first kappa shape index (κ1) is 8.31. The van der Waals surface area contributed by atoms with Crippen LogP contribution in [-0.2, 0) is 6.42 Å². The minimum Gasteiger partial charge on any atom is -0.0952 e. The molecule has 2 rings (SSSR count). The molecule has 0 N–H and O–H groups in total. The first-order valence-corrected chi connectivity index (χ1v) is 4.65.